The molecular weight excluding hydrogens is 304 g/mol. The van der Waals surface area contributed by atoms with Gasteiger partial charge in [-0.25, -0.2) is 4.98 Å². The Balaban J connectivity index is 1.54. The Labute approximate surface area is 144 Å². The number of methoxy groups -OCH3 is 1. The number of nitrogens with zero attached hydrogens (tertiary/aromatic N) is 2. The van der Waals surface area contributed by atoms with Gasteiger partial charge in [-0.1, -0.05) is 6.07 Å². The molecule has 24 heavy (non-hydrogen) atoms. The van der Waals surface area contributed by atoms with E-state index in [-0.39, 0.29) is 17.4 Å². The minimum atomic E-state index is -0.363. The Morgan fingerprint density at radius 1 is 1.38 bits per heavy atom. The van der Waals surface area contributed by atoms with Gasteiger partial charge in [0.15, 0.2) is 0 Å². The van der Waals surface area contributed by atoms with Gasteiger partial charge in [0, 0.05) is 32.4 Å². The number of ether oxygens (including phenoxy) is 1. The lowest BCUT2D eigenvalue weighted by atomic mass is 9.78. The van der Waals surface area contributed by atoms with Crippen molar-refractivity contribution in [3.05, 3.63) is 24.4 Å². The maximum absolute atomic E-state index is 12.9. The summed E-state index contributed by atoms with van der Waals surface area (Å²) in [6, 6.07) is 6.25. The first-order valence-corrected chi connectivity index (χ1v) is 8.90. The van der Waals surface area contributed by atoms with Gasteiger partial charge in [-0.05, 0) is 50.9 Å². The molecule has 0 spiro atoms. The molecule has 6 heteroatoms. The number of nitrogens with one attached hydrogen (secondary N) is 2. The van der Waals surface area contributed by atoms with Gasteiger partial charge >= 0.3 is 0 Å². The van der Waals surface area contributed by atoms with Gasteiger partial charge in [0.2, 0.25) is 5.91 Å². The molecule has 2 fully saturated rings. The molecule has 3 rings (SSSR count). The van der Waals surface area contributed by atoms with E-state index in [9.17, 15) is 4.79 Å². The van der Waals surface area contributed by atoms with Crippen LogP contribution in [0.15, 0.2) is 24.4 Å². The average Bonchev–Trinajstić information content (AvgIpc) is 2.64. The molecule has 6 nitrogen and oxygen atoms in total. The second kappa shape index (κ2) is 7.94. The highest BCUT2D eigenvalue weighted by Gasteiger charge is 2.40. The molecular formula is C18H28N4O2. The zero-order valence-electron chi connectivity index (χ0n) is 14.5. The highest BCUT2D eigenvalue weighted by Crippen LogP contribution is 2.30. The SMILES string of the molecule is COCC1(C(=O)NC2CCN(c3ccccn3)CC2)CCNCC1. The van der Waals surface area contributed by atoms with Gasteiger partial charge in [0.25, 0.3) is 0 Å². The van der Waals surface area contributed by atoms with Crippen molar-refractivity contribution in [2.75, 3.05) is 44.8 Å². The van der Waals surface area contributed by atoms with Gasteiger partial charge in [-0.15, -0.1) is 0 Å². The van der Waals surface area contributed by atoms with Gasteiger partial charge in [-0.3, -0.25) is 4.79 Å². The molecule has 2 saturated heterocycles. The third kappa shape index (κ3) is 3.87. The standard InChI is InChI=1S/C18H28N4O2/c1-24-14-18(7-10-19-11-8-18)17(23)21-15-5-12-22(13-6-15)16-4-2-3-9-20-16/h2-4,9,15,19H,5-8,10-14H2,1H3,(H,21,23). The molecule has 0 unspecified atom stereocenters. The van der Waals surface area contributed by atoms with Gasteiger partial charge in [0.1, 0.15) is 5.82 Å². The summed E-state index contributed by atoms with van der Waals surface area (Å²) in [5.41, 5.74) is -0.363. The minimum Gasteiger partial charge on any atom is -0.384 e. The lowest BCUT2D eigenvalue weighted by molar-refractivity contribution is -0.137. The summed E-state index contributed by atoms with van der Waals surface area (Å²) >= 11 is 0. The monoisotopic (exact) mass is 332 g/mol. The van der Waals surface area contributed by atoms with Crippen LogP contribution >= 0.6 is 0 Å². The molecule has 2 aliphatic rings. The first-order valence-electron chi connectivity index (χ1n) is 8.90. The molecule has 1 amide bonds. The van der Waals surface area contributed by atoms with Crippen LogP contribution in [-0.2, 0) is 9.53 Å². The number of carbonyl (C=O) groups excluding carboxylic acids is 1. The number of hydrogen-bond acceptors (Lipinski definition) is 5. The molecule has 1 aromatic rings. The molecule has 1 aromatic heterocycles. The third-order valence-corrected chi connectivity index (χ3v) is 5.27. The first kappa shape index (κ1) is 17.2. The predicted molar refractivity (Wildman–Crippen MR) is 94.0 cm³/mol. The molecule has 0 radical (unpaired) electrons. The van der Waals surface area contributed by atoms with E-state index in [4.69, 9.17) is 4.74 Å². The Morgan fingerprint density at radius 2 is 2.12 bits per heavy atom. The van der Waals surface area contributed by atoms with E-state index >= 15 is 0 Å². The van der Waals surface area contributed by atoms with Crippen molar-refractivity contribution in [3.8, 4) is 0 Å². The molecule has 2 aliphatic heterocycles. The molecule has 0 bridgehead atoms. The van der Waals surface area contributed by atoms with Crippen molar-refractivity contribution in [2.24, 2.45) is 5.41 Å². The van der Waals surface area contributed by atoms with Crippen LogP contribution in [0.25, 0.3) is 0 Å². The van der Waals surface area contributed by atoms with Crippen molar-refractivity contribution >= 4 is 11.7 Å². The summed E-state index contributed by atoms with van der Waals surface area (Å²) in [5.74, 6) is 1.19. The van der Waals surface area contributed by atoms with E-state index in [1.807, 2.05) is 24.4 Å². The number of amides is 1. The lowest BCUT2D eigenvalue weighted by Gasteiger charge is -2.38. The van der Waals surface area contributed by atoms with Crippen molar-refractivity contribution in [1.29, 1.82) is 0 Å². The summed E-state index contributed by atoms with van der Waals surface area (Å²) in [5, 5.41) is 6.62. The van der Waals surface area contributed by atoms with E-state index in [1.54, 1.807) is 7.11 Å². The number of piperidine rings is 2. The van der Waals surface area contributed by atoms with Crippen molar-refractivity contribution in [1.82, 2.24) is 15.6 Å². The number of rotatable bonds is 5. The fraction of sp³-hybridized carbons (Fsp3) is 0.667. The molecule has 2 N–H and O–H groups in total. The first-order chi connectivity index (χ1) is 11.7. The number of anilines is 1. The summed E-state index contributed by atoms with van der Waals surface area (Å²) < 4.78 is 5.36. The average molecular weight is 332 g/mol. The van der Waals surface area contributed by atoms with E-state index in [0.29, 0.717) is 6.61 Å². The van der Waals surface area contributed by atoms with Crippen molar-refractivity contribution < 1.29 is 9.53 Å². The largest absolute Gasteiger partial charge is 0.384 e. The van der Waals surface area contributed by atoms with Crippen LogP contribution in [0, 0.1) is 5.41 Å². The number of hydrogen-bond donors (Lipinski definition) is 2. The molecule has 132 valence electrons. The van der Waals surface area contributed by atoms with Crippen molar-refractivity contribution in [2.45, 2.75) is 31.7 Å². The fourth-order valence-electron chi connectivity index (χ4n) is 3.75. The zero-order valence-corrected chi connectivity index (χ0v) is 14.5. The summed E-state index contributed by atoms with van der Waals surface area (Å²) in [6.07, 6.45) is 5.45. The zero-order chi connectivity index (χ0) is 16.8. The number of aromatic nitrogens is 1. The quantitative estimate of drug-likeness (QED) is 0.848. The second-order valence-electron chi connectivity index (χ2n) is 6.89. The van der Waals surface area contributed by atoms with E-state index in [2.05, 4.69) is 20.5 Å². The lowest BCUT2D eigenvalue weighted by Crippen LogP contribution is -2.54. The van der Waals surface area contributed by atoms with Crippen molar-refractivity contribution in [3.63, 3.8) is 0 Å². The van der Waals surface area contributed by atoms with Crippen LogP contribution in [0.2, 0.25) is 0 Å². The van der Waals surface area contributed by atoms with Crippen LogP contribution in [-0.4, -0.2) is 56.8 Å². The van der Waals surface area contributed by atoms with Crippen LogP contribution in [0.4, 0.5) is 5.82 Å². The number of pyridine rings is 1. The molecule has 0 saturated carbocycles. The molecule has 0 atom stereocenters. The van der Waals surface area contributed by atoms with E-state index in [0.717, 1.165) is 57.7 Å². The number of carbonyl (C=O) groups is 1. The minimum absolute atomic E-state index is 0.169. The summed E-state index contributed by atoms with van der Waals surface area (Å²) in [7, 11) is 1.68. The van der Waals surface area contributed by atoms with Crippen LogP contribution in [0.5, 0.6) is 0 Å². The maximum Gasteiger partial charge on any atom is 0.228 e. The Hall–Kier alpha value is -1.66. The molecule has 0 aliphatic carbocycles. The Kier molecular flexibility index (Phi) is 5.68. The topological polar surface area (TPSA) is 66.5 Å². The summed E-state index contributed by atoms with van der Waals surface area (Å²) in [4.78, 5) is 19.6. The second-order valence-corrected chi connectivity index (χ2v) is 6.89. The molecule has 3 heterocycles. The molecule has 0 aromatic carbocycles. The van der Waals surface area contributed by atoms with E-state index in [1.165, 1.54) is 0 Å². The van der Waals surface area contributed by atoms with Gasteiger partial charge in [0.05, 0.1) is 12.0 Å². The third-order valence-electron chi connectivity index (χ3n) is 5.27. The van der Waals surface area contributed by atoms with Gasteiger partial charge < -0.3 is 20.3 Å². The fourth-order valence-corrected chi connectivity index (χ4v) is 3.75. The van der Waals surface area contributed by atoms with Gasteiger partial charge in [-0.2, -0.15) is 0 Å². The van der Waals surface area contributed by atoms with Crippen LogP contribution in [0.1, 0.15) is 25.7 Å². The van der Waals surface area contributed by atoms with E-state index < -0.39 is 0 Å². The maximum atomic E-state index is 12.9. The van der Waals surface area contributed by atoms with Crippen LogP contribution < -0.4 is 15.5 Å². The van der Waals surface area contributed by atoms with Crippen LogP contribution in [0.3, 0.4) is 0 Å². The highest BCUT2D eigenvalue weighted by atomic mass is 16.5. The Morgan fingerprint density at radius 3 is 2.75 bits per heavy atom. The smallest absolute Gasteiger partial charge is 0.228 e. The normalized spacial score (nSPS) is 21.5. The predicted octanol–water partition coefficient (Wildman–Crippen LogP) is 1.18. The summed E-state index contributed by atoms with van der Waals surface area (Å²) in [6.45, 7) is 4.14. The Bertz CT molecular complexity index is 518. The highest BCUT2D eigenvalue weighted by molar-refractivity contribution is 5.83.